The summed E-state index contributed by atoms with van der Waals surface area (Å²) >= 11 is 0. The van der Waals surface area contributed by atoms with E-state index >= 15 is 0 Å². The molecule has 3 aromatic rings. The molecule has 146 valence electrons. The van der Waals surface area contributed by atoms with Crippen LogP contribution in [0.25, 0.3) is 10.9 Å². The fourth-order valence-electron chi connectivity index (χ4n) is 4.10. The molecule has 0 saturated carbocycles. The summed E-state index contributed by atoms with van der Waals surface area (Å²) < 4.78 is 0. The lowest BCUT2D eigenvalue weighted by atomic mass is 10.0. The number of aromatic nitrogens is 1. The molecule has 1 aliphatic heterocycles. The van der Waals surface area contributed by atoms with E-state index in [1.807, 2.05) is 6.92 Å². The topological polar surface area (TPSA) is 68.4 Å². The number of nitrogens with one attached hydrogen (secondary N) is 2. The summed E-state index contributed by atoms with van der Waals surface area (Å²) in [4.78, 5) is 18.6. The molecule has 2 aromatic carbocycles. The van der Waals surface area contributed by atoms with Crippen molar-refractivity contribution >= 4 is 16.8 Å². The van der Waals surface area contributed by atoms with Crippen molar-refractivity contribution in [2.24, 2.45) is 0 Å². The molecule has 1 amide bonds. The van der Waals surface area contributed by atoms with Crippen molar-refractivity contribution in [3.8, 4) is 5.75 Å². The third kappa shape index (κ3) is 4.04. The van der Waals surface area contributed by atoms with Crippen LogP contribution in [0.1, 0.15) is 34.5 Å². The number of benzene rings is 2. The molecule has 0 bridgehead atoms. The Balaban J connectivity index is 1.33. The molecule has 1 aliphatic rings. The monoisotopic (exact) mass is 377 g/mol. The number of aromatic hydroxyl groups is 1. The maximum absolute atomic E-state index is 12.9. The van der Waals surface area contributed by atoms with Crippen LogP contribution in [0.2, 0.25) is 0 Å². The highest BCUT2D eigenvalue weighted by molar-refractivity contribution is 6.08. The Labute approximate surface area is 165 Å². The minimum atomic E-state index is -0.0583. The van der Waals surface area contributed by atoms with Crippen molar-refractivity contribution in [1.29, 1.82) is 0 Å². The number of amides is 1. The summed E-state index contributed by atoms with van der Waals surface area (Å²) in [7, 11) is 0. The third-order valence-corrected chi connectivity index (χ3v) is 5.68. The zero-order valence-electron chi connectivity index (χ0n) is 16.2. The van der Waals surface area contributed by atoms with Gasteiger partial charge in [-0.3, -0.25) is 4.79 Å². The predicted molar refractivity (Wildman–Crippen MR) is 112 cm³/mol. The van der Waals surface area contributed by atoms with Crippen LogP contribution < -0.4 is 5.32 Å². The summed E-state index contributed by atoms with van der Waals surface area (Å²) in [6, 6.07) is 15.9. The Morgan fingerprint density at radius 3 is 2.68 bits per heavy atom. The molecule has 0 unspecified atom stereocenters. The molecule has 0 radical (unpaired) electrons. The van der Waals surface area contributed by atoms with Crippen LogP contribution in [0.3, 0.4) is 0 Å². The molecule has 0 aliphatic carbocycles. The molecular formula is C23H27N3O2. The highest BCUT2D eigenvalue weighted by Gasteiger charge is 2.23. The molecule has 0 spiro atoms. The number of rotatable bonds is 5. The van der Waals surface area contributed by atoms with E-state index in [1.54, 1.807) is 18.2 Å². The van der Waals surface area contributed by atoms with Crippen molar-refractivity contribution in [3.63, 3.8) is 0 Å². The standard InChI is InChI=1S/C23H27N3O2/c1-16-22(20-15-19(27)7-8-21(20)24-16)23(28)25-18-10-13-26(14-11-18)12-9-17-5-3-2-4-6-17/h2-8,15,18,24,27H,9-14H2,1H3,(H,25,28). The Bertz CT molecular complexity index is 957. The molecule has 2 heterocycles. The number of piperidine rings is 1. The zero-order valence-corrected chi connectivity index (χ0v) is 16.2. The smallest absolute Gasteiger partial charge is 0.253 e. The second kappa shape index (κ2) is 8.07. The van der Waals surface area contributed by atoms with Gasteiger partial charge in [0.1, 0.15) is 5.75 Å². The number of hydrogen-bond acceptors (Lipinski definition) is 3. The van der Waals surface area contributed by atoms with Crippen molar-refractivity contribution in [2.75, 3.05) is 19.6 Å². The second-order valence-electron chi connectivity index (χ2n) is 7.68. The van der Waals surface area contributed by atoms with Crippen LogP contribution in [0, 0.1) is 6.92 Å². The van der Waals surface area contributed by atoms with Crippen molar-refractivity contribution in [1.82, 2.24) is 15.2 Å². The number of phenolic OH excluding ortho intramolecular Hbond substituents is 1. The normalized spacial score (nSPS) is 15.8. The lowest BCUT2D eigenvalue weighted by Gasteiger charge is -2.32. The van der Waals surface area contributed by atoms with E-state index in [-0.39, 0.29) is 17.7 Å². The van der Waals surface area contributed by atoms with E-state index in [2.05, 4.69) is 45.5 Å². The maximum Gasteiger partial charge on any atom is 0.253 e. The van der Waals surface area contributed by atoms with Gasteiger partial charge in [-0.1, -0.05) is 30.3 Å². The lowest BCUT2D eigenvalue weighted by Crippen LogP contribution is -2.45. The van der Waals surface area contributed by atoms with Gasteiger partial charge in [-0.2, -0.15) is 0 Å². The first-order valence-corrected chi connectivity index (χ1v) is 9.98. The zero-order chi connectivity index (χ0) is 19.5. The summed E-state index contributed by atoms with van der Waals surface area (Å²) in [6.07, 6.45) is 3.00. The number of nitrogens with zero attached hydrogens (tertiary/aromatic N) is 1. The lowest BCUT2D eigenvalue weighted by molar-refractivity contribution is 0.0912. The minimum absolute atomic E-state index is 0.0583. The minimum Gasteiger partial charge on any atom is -0.508 e. The molecule has 1 saturated heterocycles. The number of carbonyl (C=O) groups excluding carboxylic acids is 1. The molecule has 5 heteroatoms. The third-order valence-electron chi connectivity index (χ3n) is 5.68. The van der Waals surface area contributed by atoms with Gasteiger partial charge in [0.05, 0.1) is 5.56 Å². The average Bonchev–Trinajstić information content (AvgIpc) is 3.03. The Kier molecular flexibility index (Phi) is 5.35. The number of aryl methyl sites for hydroxylation is 1. The predicted octanol–water partition coefficient (Wildman–Crippen LogP) is 3.62. The van der Waals surface area contributed by atoms with Gasteiger partial charge in [-0.05, 0) is 49.9 Å². The number of hydrogen-bond donors (Lipinski definition) is 3. The molecule has 0 atom stereocenters. The number of likely N-dealkylation sites (tertiary alicyclic amines) is 1. The van der Waals surface area contributed by atoms with Crippen molar-refractivity contribution in [3.05, 3.63) is 65.4 Å². The second-order valence-corrected chi connectivity index (χ2v) is 7.68. The fourth-order valence-corrected chi connectivity index (χ4v) is 4.10. The van der Waals surface area contributed by atoms with Gasteiger partial charge in [0.2, 0.25) is 0 Å². The first kappa shape index (κ1) is 18.6. The van der Waals surface area contributed by atoms with E-state index in [0.717, 1.165) is 55.5 Å². The van der Waals surface area contributed by atoms with Gasteiger partial charge in [0.25, 0.3) is 5.91 Å². The van der Waals surface area contributed by atoms with E-state index in [1.165, 1.54) is 5.56 Å². The number of fused-ring (bicyclic) bond motifs is 1. The number of phenols is 1. The quantitative estimate of drug-likeness (QED) is 0.636. The number of carbonyl (C=O) groups is 1. The summed E-state index contributed by atoms with van der Waals surface area (Å²) in [5, 5.41) is 13.8. The maximum atomic E-state index is 12.9. The molecule has 5 nitrogen and oxygen atoms in total. The molecule has 3 N–H and O–H groups in total. The SMILES string of the molecule is Cc1[nH]c2ccc(O)cc2c1C(=O)NC1CCN(CCc2ccccc2)CC1. The van der Waals surface area contributed by atoms with Crippen LogP contribution in [0.4, 0.5) is 0 Å². The van der Waals surface area contributed by atoms with Crippen LogP contribution in [-0.4, -0.2) is 46.6 Å². The van der Waals surface area contributed by atoms with Gasteiger partial charge in [0.15, 0.2) is 0 Å². The first-order valence-electron chi connectivity index (χ1n) is 9.98. The Morgan fingerprint density at radius 2 is 1.93 bits per heavy atom. The van der Waals surface area contributed by atoms with E-state index in [9.17, 15) is 9.90 Å². The summed E-state index contributed by atoms with van der Waals surface area (Å²) in [5.74, 6) is 0.115. The van der Waals surface area contributed by atoms with Crippen molar-refractivity contribution < 1.29 is 9.90 Å². The van der Waals surface area contributed by atoms with Crippen LogP contribution >= 0.6 is 0 Å². The van der Waals surface area contributed by atoms with E-state index in [0.29, 0.717) is 5.56 Å². The molecule has 1 aromatic heterocycles. The van der Waals surface area contributed by atoms with Crippen LogP contribution in [0.15, 0.2) is 48.5 Å². The van der Waals surface area contributed by atoms with Crippen LogP contribution in [0.5, 0.6) is 5.75 Å². The van der Waals surface area contributed by atoms with Gasteiger partial charge >= 0.3 is 0 Å². The van der Waals surface area contributed by atoms with Gasteiger partial charge in [0, 0.05) is 42.3 Å². The molecule has 4 rings (SSSR count). The summed E-state index contributed by atoms with van der Waals surface area (Å²) in [6.45, 7) is 4.97. The molecule has 1 fully saturated rings. The van der Waals surface area contributed by atoms with E-state index in [4.69, 9.17) is 0 Å². The molecule has 28 heavy (non-hydrogen) atoms. The van der Waals surface area contributed by atoms with Crippen LogP contribution in [-0.2, 0) is 6.42 Å². The number of aromatic amines is 1. The fraction of sp³-hybridized carbons (Fsp3) is 0.348. The molecular weight excluding hydrogens is 350 g/mol. The Hall–Kier alpha value is -2.79. The largest absolute Gasteiger partial charge is 0.508 e. The van der Waals surface area contributed by atoms with Gasteiger partial charge in [-0.15, -0.1) is 0 Å². The summed E-state index contributed by atoms with van der Waals surface area (Å²) in [5.41, 5.74) is 3.71. The van der Waals surface area contributed by atoms with Gasteiger partial charge in [-0.25, -0.2) is 0 Å². The highest BCUT2D eigenvalue weighted by Crippen LogP contribution is 2.26. The van der Waals surface area contributed by atoms with Gasteiger partial charge < -0.3 is 20.3 Å². The highest BCUT2D eigenvalue weighted by atomic mass is 16.3. The van der Waals surface area contributed by atoms with E-state index < -0.39 is 0 Å². The van der Waals surface area contributed by atoms with Crippen molar-refractivity contribution in [2.45, 2.75) is 32.2 Å². The Morgan fingerprint density at radius 1 is 1.18 bits per heavy atom. The average molecular weight is 377 g/mol. The number of H-pyrrole nitrogens is 1. The first-order chi connectivity index (χ1) is 13.6.